The van der Waals surface area contributed by atoms with Gasteiger partial charge < -0.3 is 14.8 Å². The Kier molecular flexibility index (Phi) is 5.99. The van der Waals surface area contributed by atoms with Gasteiger partial charge >= 0.3 is 5.97 Å². The van der Waals surface area contributed by atoms with E-state index < -0.39 is 0 Å². The second-order valence-electron chi connectivity index (χ2n) is 5.37. The van der Waals surface area contributed by atoms with Gasteiger partial charge in [-0.05, 0) is 32.3 Å². The molecule has 2 atom stereocenters. The van der Waals surface area contributed by atoms with Crippen LogP contribution < -0.4 is 10.1 Å². The molecule has 0 radical (unpaired) electrons. The fourth-order valence-electron chi connectivity index (χ4n) is 2.85. The average Bonchev–Trinajstić information content (AvgIpc) is 2.53. The number of rotatable bonds is 6. The second kappa shape index (κ2) is 7.98. The molecule has 1 aliphatic rings. The summed E-state index contributed by atoms with van der Waals surface area (Å²) in [4.78, 5) is 16.0. The molecule has 2 rings (SSSR count). The summed E-state index contributed by atoms with van der Waals surface area (Å²) in [6.07, 6.45) is 5.66. The summed E-state index contributed by atoms with van der Waals surface area (Å²) in [6.45, 7) is 3.02. The Bertz CT molecular complexity index is 465. The lowest BCUT2D eigenvalue weighted by molar-refractivity contribution is -0.149. The van der Waals surface area contributed by atoms with Gasteiger partial charge in [-0.2, -0.15) is 0 Å². The highest BCUT2D eigenvalue weighted by Crippen LogP contribution is 2.26. The third kappa shape index (κ3) is 4.43. The SMILES string of the molecule is CCOC(=O)C1CCCC(NCc2cccnc2OC)C1. The van der Waals surface area contributed by atoms with Gasteiger partial charge in [0.1, 0.15) is 0 Å². The molecule has 5 nitrogen and oxygen atoms in total. The maximum atomic E-state index is 11.8. The van der Waals surface area contributed by atoms with Gasteiger partial charge in [-0.3, -0.25) is 4.79 Å². The number of aromatic nitrogens is 1. The van der Waals surface area contributed by atoms with Gasteiger partial charge in [0.2, 0.25) is 5.88 Å². The van der Waals surface area contributed by atoms with Crippen LogP contribution in [-0.2, 0) is 16.1 Å². The number of nitrogens with one attached hydrogen (secondary N) is 1. The smallest absolute Gasteiger partial charge is 0.308 e. The molecule has 0 aliphatic heterocycles. The number of carbonyl (C=O) groups is 1. The van der Waals surface area contributed by atoms with Gasteiger partial charge in [0.15, 0.2) is 0 Å². The Labute approximate surface area is 126 Å². The third-order valence-corrected chi connectivity index (χ3v) is 3.92. The minimum absolute atomic E-state index is 0.0343. The number of nitrogens with zero attached hydrogens (tertiary/aromatic N) is 1. The van der Waals surface area contributed by atoms with Crippen LogP contribution >= 0.6 is 0 Å². The first kappa shape index (κ1) is 15.8. The van der Waals surface area contributed by atoms with Gasteiger partial charge in [-0.15, -0.1) is 0 Å². The van der Waals surface area contributed by atoms with Gasteiger partial charge in [0.05, 0.1) is 19.6 Å². The van der Waals surface area contributed by atoms with E-state index in [0.29, 0.717) is 25.1 Å². The first-order valence-electron chi connectivity index (χ1n) is 7.62. The van der Waals surface area contributed by atoms with Crippen LogP contribution in [0.25, 0.3) is 0 Å². The van der Waals surface area contributed by atoms with Gasteiger partial charge in [-0.25, -0.2) is 4.98 Å². The van der Waals surface area contributed by atoms with Gasteiger partial charge in [-0.1, -0.05) is 12.5 Å². The monoisotopic (exact) mass is 292 g/mol. The van der Waals surface area contributed by atoms with Gasteiger partial charge in [0, 0.05) is 24.3 Å². The minimum atomic E-state index is -0.0528. The Balaban J connectivity index is 1.86. The van der Waals surface area contributed by atoms with Crippen molar-refractivity contribution in [2.24, 2.45) is 5.92 Å². The number of hydrogen-bond acceptors (Lipinski definition) is 5. The normalized spacial score (nSPS) is 21.8. The molecular weight excluding hydrogens is 268 g/mol. The summed E-state index contributed by atoms with van der Waals surface area (Å²) in [5, 5.41) is 3.51. The predicted molar refractivity (Wildman–Crippen MR) is 80.0 cm³/mol. The van der Waals surface area contributed by atoms with Crippen LogP contribution in [0.2, 0.25) is 0 Å². The molecule has 116 valence electrons. The Hall–Kier alpha value is -1.62. The molecule has 1 N–H and O–H groups in total. The molecule has 5 heteroatoms. The van der Waals surface area contributed by atoms with Crippen LogP contribution in [0.1, 0.15) is 38.2 Å². The van der Waals surface area contributed by atoms with E-state index in [1.54, 1.807) is 13.3 Å². The van der Waals surface area contributed by atoms with E-state index in [-0.39, 0.29) is 11.9 Å². The van der Waals surface area contributed by atoms with E-state index in [1.807, 2.05) is 19.1 Å². The van der Waals surface area contributed by atoms with E-state index in [0.717, 1.165) is 31.2 Å². The largest absolute Gasteiger partial charge is 0.481 e. The molecule has 0 aromatic carbocycles. The maximum absolute atomic E-state index is 11.8. The average molecular weight is 292 g/mol. The molecule has 21 heavy (non-hydrogen) atoms. The van der Waals surface area contributed by atoms with E-state index >= 15 is 0 Å². The van der Waals surface area contributed by atoms with Crippen molar-refractivity contribution in [2.45, 2.75) is 45.2 Å². The number of hydrogen-bond donors (Lipinski definition) is 1. The van der Waals surface area contributed by atoms with Crippen molar-refractivity contribution in [3.05, 3.63) is 23.9 Å². The Morgan fingerprint density at radius 2 is 2.33 bits per heavy atom. The van der Waals surface area contributed by atoms with Crippen molar-refractivity contribution in [3.8, 4) is 5.88 Å². The second-order valence-corrected chi connectivity index (χ2v) is 5.37. The number of ether oxygens (including phenoxy) is 2. The van der Waals surface area contributed by atoms with Crippen LogP contribution in [0.4, 0.5) is 0 Å². The molecule has 1 aliphatic carbocycles. The van der Waals surface area contributed by atoms with Crippen molar-refractivity contribution in [1.29, 1.82) is 0 Å². The van der Waals surface area contributed by atoms with E-state index in [1.165, 1.54) is 0 Å². The lowest BCUT2D eigenvalue weighted by Gasteiger charge is -2.28. The molecule has 1 fully saturated rings. The summed E-state index contributed by atoms with van der Waals surface area (Å²) in [7, 11) is 1.63. The van der Waals surface area contributed by atoms with Gasteiger partial charge in [0.25, 0.3) is 0 Å². The molecule has 2 unspecified atom stereocenters. The number of esters is 1. The van der Waals surface area contributed by atoms with E-state index in [2.05, 4.69) is 10.3 Å². The maximum Gasteiger partial charge on any atom is 0.308 e. The lowest BCUT2D eigenvalue weighted by Crippen LogP contribution is -2.36. The predicted octanol–water partition coefficient (Wildman–Crippen LogP) is 2.30. The zero-order valence-electron chi connectivity index (χ0n) is 12.8. The molecule has 0 amide bonds. The molecule has 0 saturated heterocycles. The first-order chi connectivity index (χ1) is 10.2. The van der Waals surface area contributed by atoms with E-state index in [9.17, 15) is 4.79 Å². The standard InChI is InChI=1S/C16H24N2O3/c1-3-21-16(19)12-6-4-8-14(10-12)18-11-13-7-5-9-17-15(13)20-2/h5,7,9,12,14,18H,3-4,6,8,10-11H2,1-2H3. The Morgan fingerprint density at radius 1 is 1.48 bits per heavy atom. The fraction of sp³-hybridized carbons (Fsp3) is 0.625. The van der Waals surface area contributed by atoms with Crippen molar-refractivity contribution in [1.82, 2.24) is 10.3 Å². The molecule has 0 bridgehead atoms. The Morgan fingerprint density at radius 3 is 3.10 bits per heavy atom. The highest BCUT2D eigenvalue weighted by Gasteiger charge is 2.28. The molecule has 1 aromatic rings. The quantitative estimate of drug-likeness (QED) is 0.815. The zero-order chi connectivity index (χ0) is 15.1. The van der Waals surface area contributed by atoms with Crippen molar-refractivity contribution in [3.63, 3.8) is 0 Å². The van der Waals surface area contributed by atoms with Crippen LogP contribution in [0.3, 0.4) is 0 Å². The number of carbonyl (C=O) groups excluding carboxylic acids is 1. The minimum Gasteiger partial charge on any atom is -0.481 e. The lowest BCUT2D eigenvalue weighted by atomic mass is 9.85. The summed E-state index contributed by atoms with van der Waals surface area (Å²) in [5.41, 5.74) is 1.04. The van der Waals surface area contributed by atoms with Crippen LogP contribution in [-0.4, -0.2) is 30.7 Å². The zero-order valence-corrected chi connectivity index (χ0v) is 12.8. The molecule has 1 saturated carbocycles. The highest BCUT2D eigenvalue weighted by atomic mass is 16.5. The first-order valence-corrected chi connectivity index (χ1v) is 7.62. The van der Waals surface area contributed by atoms with E-state index in [4.69, 9.17) is 9.47 Å². The topological polar surface area (TPSA) is 60.5 Å². The molecule has 0 spiro atoms. The summed E-state index contributed by atoms with van der Waals surface area (Å²) in [5.74, 6) is 0.637. The third-order valence-electron chi connectivity index (χ3n) is 3.92. The van der Waals surface area contributed by atoms with Crippen molar-refractivity contribution in [2.75, 3.05) is 13.7 Å². The number of pyridine rings is 1. The molecule has 1 aromatic heterocycles. The van der Waals surface area contributed by atoms with Crippen molar-refractivity contribution < 1.29 is 14.3 Å². The molecular formula is C16H24N2O3. The number of methoxy groups -OCH3 is 1. The molecule has 1 heterocycles. The highest BCUT2D eigenvalue weighted by molar-refractivity contribution is 5.72. The summed E-state index contributed by atoms with van der Waals surface area (Å²) >= 11 is 0. The summed E-state index contributed by atoms with van der Waals surface area (Å²) < 4.78 is 10.4. The van der Waals surface area contributed by atoms with Crippen LogP contribution in [0.5, 0.6) is 5.88 Å². The fourth-order valence-corrected chi connectivity index (χ4v) is 2.85. The van der Waals surface area contributed by atoms with Crippen LogP contribution in [0.15, 0.2) is 18.3 Å². The van der Waals surface area contributed by atoms with Crippen molar-refractivity contribution >= 4 is 5.97 Å². The summed E-state index contributed by atoms with van der Waals surface area (Å²) in [6, 6.07) is 4.25. The van der Waals surface area contributed by atoms with Crippen LogP contribution in [0, 0.1) is 5.92 Å².